The van der Waals surface area contributed by atoms with Crippen molar-refractivity contribution in [3.05, 3.63) is 83.9 Å². The molecule has 0 bridgehead atoms. The van der Waals surface area contributed by atoms with Gasteiger partial charge in [0.15, 0.2) is 0 Å². The predicted octanol–water partition coefficient (Wildman–Crippen LogP) is 12.2. The number of benzene rings is 5. The zero-order chi connectivity index (χ0) is 44.4. The highest BCUT2D eigenvalue weighted by Gasteiger charge is 2.25. The van der Waals surface area contributed by atoms with E-state index in [0.717, 1.165) is 51.1 Å². The molecule has 5 rings (SSSR count). The zero-order valence-corrected chi connectivity index (χ0v) is 40.6. The van der Waals surface area contributed by atoms with Crippen LogP contribution in [0.5, 0.6) is 23.0 Å². The Hall–Kier alpha value is -4.62. The first-order valence-corrected chi connectivity index (χ1v) is 22.6. The average Bonchev–Trinajstić information content (AvgIpc) is 3.21. The Morgan fingerprint density at radius 2 is 0.770 bits per heavy atom. The summed E-state index contributed by atoms with van der Waals surface area (Å²) >= 11 is 23.0. The minimum absolute atomic E-state index is 0.264. The van der Waals surface area contributed by atoms with Gasteiger partial charge < -0.3 is 38.5 Å². The van der Waals surface area contributed by atoms with Crippen LogP contribution in [0.15, 0.2) is 72.8 Å². The van der Waals surface area contributed by atoms with Gasteiger partial charge in [-0.1, -0.05) is 93.8 Å². The summed E-state index contributed by atoms with van der Waals surface area (Å²) in [5.41, 5.74) is 5.19. The summed E-state index contributed by atoms with van der Waals surface area (Å²) in [4.78, 5) is 7.02. The Kier molecular flexibility index (Phi) is 17.1. The molecule has 8 nitrogen and oxygen atoms in total. The molecule has 0 radical (unpaired) electrons. The number of unbranched alkanes of at least 4 members (excludes halogenated alkanes) is 7. The number of hydrogen-bond donors (Lipinski definition) is 0. The summed E-state index contributed by atoms with van der Waals surface area (Å²) in [5, 5.41) is 5.24. The summed E-state index contributed by atoms with van der Waals surface area (Å²) < 4.78 is 26.2. The van der Waals surface area contributed by atoms with Gasteiger partial charge in [-0.25, -0.2) is 0 Å². The molecule has 0 aliphatic carbocycles. The standard InChI is InChI=1S/C49H60N4O4S4/c1-11-12-13-14-15-16-17-18-19-33-21-23-35-27-39(43(29-37(35)25-33)55-47(59)51(5)6)41-31-44(56-48(60)52(7)8)40(30-45(41)57-49(61)53(9)10)38-26-34-22-20-32(2)24-36(34)28-42(38)54-46(58)50(3)4/h20-31H,11-19H2,1-10H3. The van der Waals surface area contributed by atoms with E-state index in [4.69, 9.17) is 67.8 Å². The lowest BCUT2D eigenvalue weighted by Crippen LogP contribution is -2.26. The van der Waals surface area contributed by atoms with E-state index in [1.165, 1.54) is 50.5 Å². The minimum atomic E-state index is 0.264. The molecule has 0 heterocycles. The van der Waals surface area contributed by atoms with Crippen molar-refractivity contribution in [2.24, 2.45) is 0 Å². The lowest BCUT2D eigenvalue weighted by molar-refractivity contribution is 0.440. The first-order chi connectivity index (χ1) is 29.1. The third-order valence-corrected chi connectivity index (χ3v) is 12.1. The molecule has 0 unspecified atom stereocenters. The normalized spacial score (nSPS) is 11.0. The van der Waals surface area contributed by atoms with Crippen LogP contribution >= 0.6 is 48.9 Å². The van der Waals surface area contributed by atoms with Crippen LogP contribution in [0.3, 0.4) is 0 Å². The zero-order valence-electron chi connectivity index (χ0n) is 37.3. The van der Waals surface area contributed by atoms with Crippen LogP contribution in [0.25, 0.3) is 43.8 Å². The molecule has 324 valence electrons. The van der Waals surface area contributed by atoms with E-state index in [9.17, 15) is 0 Å². The summed E-state index contributed by atoms with van der Waals surface area (Å²) in [6, 6.07) is 25.1. The largest absolute Gasteiger partial charge is 0.431 e. The fourth-order valence-corrected chi connectivity index (χ4v) is 7.18. The molecule has 0 spiro atoms. The highest BCUT2D eigenvalue weighted by atomic mass is 32.1. The highest BCUT2D eigenvalue weighted by molar-refractivity contribution is 7.80. The lowest BCUT2D eigenvalue weighted by atomic mass is 9.93. The molecule has 0 amide bonds. The van der Waals surface area contributed by atoms with Crippen molar-refractivity contribution >= 4 is 91.1 Å². The van der Waals surface area contributed by atoms with E-state index in [0.29, 0.717) is 44.5 Å². The Morgan fingerprint density at radius 1 is 0.410 bits per heavy atom. The van der Waals surface area contributed by atoms with E-state index in [1.807, 2.05) is 74.6 Å². The smallest absolute Gasteiger partial charge is 0.264 e. The molecule has 0 fully saturated rings. The third kappa shape index (κ3) is 12.7. The molecule has 0 aromatic heterocycles. The summed E-state index contributed by atoms with van der Waals surface area (Å²) in [7, 11) is 14.8. The van der Waals surface area contributed by atoms with Gasteiger partial charge in [0.2, 0.25) is 0 Å². The van der Waals surface area contributed by atoms with Gasteiger partial charge >= 0.3 is 0 Å². The SMILES string of the molecule is CCCCCCCCCCc1ccc2cc(-c3cc(OC(=S)N(C)C)c(-c4cc5ccc(C)cc5cc4OC(=S)N(C)C)cc3OC(=S)N(C)C)c(OC(=S)N(C)C)cc2c1. The van der Waals surface area contributed by atoms with Gasteiger partial charge in [0, 0.05) is 78.6 Å². The minimum Gasteiger partial charge on any atom is -0.431 e. The van der Waals surface area contributed by atoms with E-state index in [1.54, 1.807) is 19.6 Å². The fraction of sp³-hybridized carbons (Fsp3) is 0.388. The molecule has 0 N–H and O–H groups in total. The molecule has 0 saturated heterocycles. The van der Waals surface area contributed by atoms with Crippen molar-refractivity contribution in [1.82, 2.24) is 19.6 Å². The van der Waals surface area contributed by atoms with Crippen LogP contribution in [0.4, 0.5) is 0 Å². The number of aryl methyl sites for hydroxylation is 2. The topological polar surface area (TPSA) is 49.9 Å². The highest BCUT2D eigenvalue weighted by Crippen LogP contribution is 2.48. The van der Waals surface area contributed by atoms with Crippen molar-refractivity contribution in [1.29, 1.82) is 0 Å². The molecule has 61 heavy (non-hydrogen) atoms. The maximum absolute atomic E-state index is 6.61. The molecule has 12 heteroatoms. The molecule has 5 aromatic carbocycles. The van der Waals surface area contributed by atoms with Gasteiger partial charge in [-0.2, -0.15) is 0 Å². The van der Waals surface area contributed by atoms with E-state index in [-0.39, 0.29) is 10.3 Å². The Bertz CT molecular complexity index is 2390. The maximum Gasteiger partial charge on any atom is 0.264 e. The lowest BCUT2D eigenvalue weighted by Gasteiger charge is -2.24. The molecule has 0 aliphatic heterocycles. The summed E-state index contributed by atoms with van der Waals surface area (Å²) in [6.07, 6.45) is 11.3. The number of hydrogen-bond acceptors (Lipinski definition) is 8. The van der Waals surface area contributed by atoms with Gasteiger partial charge in [0.25, 0.3) is 20.7 Å². The number of nitrogens with zero attached hydrogens (tertiary/aromatic N) is 4. The van der Waals surface area contributed by atoms with Crippen LogP contribution < -0.4 is 18.9 Å². The number of fused-ring (bicyclic) bond motifs is 2. The number of ether oxygens (including phenoxy) is 4. The second-order valence-electron chi connectivity index (χ2n) is 16.3. The number of thiocarbonyl (C=S) groups is 4. The molecular weight excluding hydrogens is 837 g/mol. The van der Waals surface area contributed by atoms with Crippen LogP contribution in [0.2, 0.25) is 0 Å². The monoisotopic (exact) mass is 896 g/mol. The summed E-state index contributed by atoms with van der Waals surface area (Å²) in [5.74, 6) is 2.03. The quantitative estimate of drug-likeness (QED) is 0.0743. The molecule has 5 aromatic rings. The first kappa shape index (κ1) is 47.4. The molecule has 0 saturated carbocycles. The van der Waals surface area contributed by atoms with Gasteiger partial charge in [0.1, 0.15) is 23.0 Å². The van der Waals surface area contributed by atoms with Gasteiger partial charge in [0.05, 0.1) is 0 Å². The summed E-state index contributed by atoms with van der Waals surface area (Å²) in [6.45, 7) is 4.33. The van der Waals surface area contributed by atoms with Crippen LogP contribution in [-0.2, 0) is 6.42 Å². The van der Waals surface area contributed by atoms with Crippen LogP contribution in [-0.4, -0.2) is 96.7 Å². The molecular formula is C49H60N4O4S4. The Balaban J connectivity index is 1.72. The second kappa shape index (κ2) is 21.9. The Labute approximate surface area is 384 Å². The third-order valence-electron chi connectivity index (χ3n) is 10.3. The first-order valence-electron chi connectivity index (χ1n) is 20.9. The van der Waals surface area contributed by atoms with Crippen molar-refractivity contribution in [2.45, 2.75) is 71.6 Å². The second-order valence-corrected chi connectivity index (χ2v) is 17.7. The Morgan fingerprint density at radius 3 is 1.20 bits per heavy atom. The average molecular weight is 897 g/mol. The van der Waals surface area contributed by atoms with E-state index >= 15 is 0 Å². The van der Waals surface area contributed by atoms with Crippen molar-refractivity contribution in [2.75, 3.05) is 56.4 Å². The maximum atomic E-state index is 6.61. The van der Waals surface area contributed by atoms with E-state index < -0.39 is 0 Å². The van der Waals surface area contributed by atoms with Gasteiger partial charge in [-0.3, -0.25) is 0 Å². The van der Waals surface area contributed by atoms with Crippen molar-refractivity contribution in [3.8, 4) is 45.3 Å². The van der Waals surface area contributed by atoms with Crippen molar-refractivity contribution < 1.29 is 18.9 Å². The predicted molar refractivity (Wildman–Crippen MR) is 271 cm³/mol. The van der Waals surface area contributed by atoms with Crippen LogP contribution in [0, 0.1) is 6.92 Å². The number of rotatable bonds is 15. The fourth-order valence-electron chi connectivity index (χ4n) is 6.82. The van der Waals surface area contributed by atoms with Crippen molar-refractivity contribution in [3.63, 3.8) is 0 Å². The van der Waals surface area contributed by atoms with Gasteiger partial charge in [-0.05, 0) is 132 Å². The van der Waals surface area contributed by atoms with Crippen LogP contribution in [0.1, 0.15) is 69.4 Å². The molecule has 0 aliphatic rings. The molecule has 0 atom stereocenters. The van der Waals surface area contributed by atoms with Gasteiger partial charge in [-0.15, -0.1) is 0 Å². The van der Waals surface area contributed by atoms with E-state index in [2.05, 4.69) is 68.4 Å².